The van der Waals surface area contributed by atoms with Gasteiger partial charge in [0.05, 0.1) is 41.4 Å². The standard InChI is InChI=1S/C25H19Cl3N4O3/c1-14(20-4-2-3-9-29-20)30-25(33)23-18-13-34-12-15(10-17-6-8-22(28)35-17)24(18)32(31-23)21-7-5-16(26)11-19(21)27/h2-11,14H,12-13H2,1H3,(H,30,33)/t14-/m1/s1. The molecule has 35 heavy (non-hydrogen) atoms. The van der Waals surface area contributed by atoms with E-state index in [2.05, 4.69) is 15.4 Å². The molecule has 0 spiro atoms. The molecule has 10 heteroatoms. The molecule has 0 unspecified atom stereocenters. The van der Waals surface area contributed by atoms with Crippen LogP contribution < -0.4 is 5.32 Å². The zero-order valence-corrected chi connectivity index (χ0v) is 20.7. The summed E-state index contributed by atoms with van der Waals surface area (Å²) < 4.78 is 13.0. The molecule has 1 amide bonds. The Hall–Kier alpha value is -3.10. The summed E-state index contributed by atoms with van der Waals surface area (Å²) in [5, 5.41) is 8.81. The number of halogens is 3. The van der Waals surface area contributed by atoms with Gasteiger partial charge >= 0.3 is 0 Å². The average molecular weight is 530 g/mol. The van der Waals surface area contributed by atoms with Crippen molar-refractivity contribution in [2.45, 2.75) is 19.6 Å². The fourth-order valence-electron chi connectivity index (χ4n) is 3.92. The summed E-state index contributed by atoms with van der Waals surface area (Å²) in [6, 6.07) is 13.7. The van der Waals surface area contributed by atoms with Crippen LogP contribution in [0.2, 0.25) is 15.3 Å². The predicted molar refractivity (Wildman–Crippen MR) is 135 cm³/mol. The molecule has 7 nitrogen and oxygen atoms in total. The third-order valence-electron chi connectivity index (χ3n) is 5.53. The summed E-state index contributed by atoms with van der Waals surface area (Å²) in [6.45, 7) is 2.35. The van der Waals surface area contributed by atoms with Crippen LogP contribution in [0.3, 0.4) is 0 Å². The number of rotatable bonds is 5. The van der Waals surface area contributed by atoms with Crippen LogP contribution in [0.15, 0.2) is 59.1 Å². The molecule has 0 saturated heterocycles. The van der Waals surface area contributed by atoms with Gasteiger partial charge in [0, 0.05) is 22.4 Å². The number of aromatic nitrogens is 3. The molecule has 0 bridgehead atoms. The Labute approximate surface area is 216 Å². The number of hydrogen-bond acceptors (Lipinski definition) is 5. The minimum Gasteiger partial charge on any atom is -0.445 e. The van der Waals surface area contributed by atoms with Crippen LogP contribution in [0.25, 0.3) is 17.3 Å². The van der Waals surface area contributed by atoms with Crippen LogP contribution in [0, 0.1) is 0 Å². The minimum atomic E-state index is -0.353. The second-order valence-corrected chi connectivity index (χ2v) is 9.15. The van der Waals surface area contributed by atoms with Crippen LogP contribution in [0.4, 0.5) is 0 Å². The highest BCUT2D eigenvalue weighted by Crippen LogP contribution is 2.35. The van der Waals surface area contributed by atoms with Crippen molar-refractivity contribution in [3.63, 3.8) is 0 Å². The van der Waals surface area contributed by atoms with Crippen molar-refractivity contribution in [2.75, 3.05) is 6.61 Å². The Morgan fingerprint density at radius 2 is 2.00 bits per heavy atom. The topological polar surface area (TPSA) is 82.2 Å². The fraction of sp³-hybridized carbons (Fsp3) is 0.160. The van der Waals surface area contributed by atoms with Crippen molar-refractivity contribution in [1.29, 1.82) is 0 Å². The first-order valence-electron chi connectivity index (χ1n) is 10.7. The summed E-state index contributed by atoms with van der Waals surface area (Å²) in [7, 11) is 0. The quantitative estimate of drug-likeness (QED) is 0.324. The molecule has 3 aromatic heterocycles. The summed E-state index contributed by atoms with van der Waals surface area (Å²) in [5.74, 6) is 0.195. The first kappa shape index (κ1) is 23.6. The van der Waals surface area contributed by atoms with Gasteiger partial charge in [-0.15, -0.1) is 0 Å². The number of carbonyl (C=O) groups is 1. The molecule has 4 heterocycles. The van der Waals surface area contributed by atoms with E-state index in [0.717, 1.165) is 11.3 Å². The number of hydrogen-bond donors (Lipinski definition) is 1. The van der Waals surface area contributed by atoms with E-state index in [1.165, 1.54) is 0 Å². The second kappa shape index (κ2) is 9.87. The Morgan fingerprint density at radius 1 is 1.14 bits per heavy atom. The van der Waals surface area contributed by atoms with Crippen molar-refractivity contribution in [3.05, 3.63) is 98.4 Å². The number of carbonyl (C=O) groups excluding carboxylic acids is 1. The predicted octanol–water partition coefficient (Wildman–Crippen LogP) is 6.38. The van der Waals surface area contributed by atoms with Crippen LogP contribution >= 0.6 is 34.8 Å². The van der Waals surface area contributed by atoms with Gasteiger partial charge in [0.15, 0.2) is 10.9 Å². The monoisotopic (exact) mass is 528 g/mol. The van der Waals surface area contributed by atoms with Gasteiger partial charge in [0.25, 0.3) is 5.91 Å². The highest BCUT2D eigenvalue weighted by Gasteiger charge is 2.30. The number of fused-ring (bicyclic) bond motifs is 1. The van der Waals surface area contributed by atoms with E-state index in [1.54, 1.807) is 41.2 Å². The summed E-state index contributed by atoms with van der Waals surface area (Å²) in [5.41, 5.74) is 3.64. The molecule has 4 aromatic rings. The lowest BCUT2D eigenvalue weighted by Gasteiger charge is -2.19. The Morgan fingerprint density at radius 3 is 2.71 bits per heavy atom. The molecule has 1 aliphatic heterocycles. The van der Waals surface area contributed by atoms with Crippen LogP contribution in [0.1, 0.15) is 46.2 Å². The van der Waals surface area contributed by atoms with E-state index < -0.39 is 0 Å². The lowest BCUT2D eigenvalue weighted by atomic mass is 10.0. The molecule has 1 atom stereocenters. The molecule has 5 rings (SSSR count). The van der Waals surface area contributed by atoms with Gasteiger partial charge in [0.2, 0.25) is 0 Å². The Balaban J connectivity index is 1.61. The lowest BCUT2D eigenvalue weighted by molar-refractivity contribution is 0.0925. The van der Waals surface area contributed by atoms with Crippen LogP contribution in [-0.2, 0) is 11.3 Å². The number of nitrogens with one attached hydrogen (secondary N) is 1. The first-order valence-corrected chi connectivity index (χ1v) is 11.9. The third kappa shape index (κ3) is 4.86. The van der Waals surface area contributed by atoms with Crippen LogP contribution in [0.5, 0.6) is 0 Å². The maximum Gasteiger partial charge on any atom is 0.272 e. The summed E-state index contributed by atoms with van der Waals surface area (Å²) in [4.78, 5) is 17.7. The van der Waals surface area contributed by atoms with Crippen LogP contribution in [-0.4, -0.2) is 27.3 Å². The highest BCUT2D eigenvalue weighted by atomic mass is 35.5. The number of benzene rings is 1. The number of furan rings is 1. The minimum absolute atomic E-state index is 0.206. The van der Waals surface area contributed by atoms with Crippen molar-refractivity contribution in [3.8, 4) is 5.69 Å². The molecule has 1 aliphatic rings. The fourth-order valence-corrected chi connectivity index (χ4v) is 4.56. The van der Waals surface area contributed by atoms with Gasteiger partial charge in [0.1, 0.15) is 5.76 Å². The van der Waals surface area contributed by atoms with E-state index in [9.17, 15) is 4.79 Å². The summed E-state index contributed by atoms with van der Waals surface area (Å²) >= 11 is 18.6. The van der Waals surface area contributed by atoms with E-state index in [1.807, 2.05) is 31.2 Å². The molecule has 1 N–H and O–H groups in total. The van der Waals surface area contributed by atoms with E-state index >= 15 is 0 Å². The molecule has 0 saturated carbocycles. The number of nitrogens with zero attached hydrogens (tertiary/aromatic N) is 3. The molecule has 0 aliphatic carbocycles. The number of pyridine rings is 1. The largest absolute Gasteiger partial charge is 0.445 e. The Kier molecular flexibility index (Phi) is 6.67. The van der Waals surface area contributed by atoms with Crippen molar-refractivity contribution < 1.29 is 13.9 Å². The van der Waals surface area contributed by atoms with E-state index in [4.69, 9.17) is 44.0 Å². The summed E-state index contributed by atoms with van der Waals surface area (Å²) in [6.07, 6.45) is 3.49. The zero-order chi connectivity index (χ0) is 24.5. The maximum atomic E-state index is 13.4. The molecule has 1 aromatic carbocycles. The van der Waals surface area contributed by atoms with Gasteiger partial charge in [-0.2, -0.15) is 5.10 Å². The zero-order valence-electron chi connectivity index (χ0n) is 18.5. The van der Waals surface area contributed by atoms with Crippen molar-refractivity contribution >= 4 is 52.4 Å². The second-order valence-electron chi connectivity index (χ2n) is 7.94. The van der Waals surface area contributed by atoms with Gasteiger partial charge < -0.3 is 14.5 Å². The lowest BCUT2D eigenvalue weighted by Crippen LogP contribution is -2.28. The number of ether oxygens (including phenoxy) is 1. The molecule has 0 radical (unpaired) electrons. The molecular weight excluding hydrogens is 511 g/mol. The van der Waals surface area contributed by atoms with Gasteiger partial charge in [-0.05, 0) is 67.1 Å². The average Bonchev–Trinajstić information content (AvgIpc) is 3.43. The molecule has 178 valence electrons. The third-order valence-corrected chi connectivity index (χ3v) is 6.28. The highest BCUT2D eigenvalue weighted by molar-refractivity contribution is 6.35. The first-order chi connectivity index (χ1) is 16.9. The Bertz CT molecular complexity index is 1430. The number of amides is 1. The normalized spacial score (nSPS) is 15.1. The smallest absolute Gasteiger partial charge is 0.272 e. The maximum absolute atomic E-state index is 13.4. The van der Waals surface area contributed by atoms with Crippen molar-refractivity contribution in [2.24, 2.45) is 0 Å². The van der Waals surface area contributed by atoms with Crippen molar-refractivity contribution in [1.82, 2.24) is 20.1 Å². The molecule has 0 fully saturated rings. The van der Waals surface area contributed by atoms with Gasteiger partial charge in [-0.3, -0.25) is 9.78 Å². The molecular formula is C25H19Cl3N4O3. The van der Waals surface area contributed by atoms with Gasteiger partial charge in [-0.25, -0.2) is 4.68 Å². The SMILES string of the molecule is C[C@@H](NC(=O)c1nn(-c2ccc(Cl)cc2Cl)c2c1COCC2=Cc1ccc(Cl)o1)c1ccccn1. The van der Waals surface area contributed by atoms with Gasteiger partial charge in [-0.1, -0.05) is 29.3 Å². The van der Waals surface area contributed by atoms with E-state index in [-0.39, 0.29) is 36.1 Å². The van der Waals surface area contributed by atoms with E-state index in [0.29, 0.717) is 32.8 Å².